The lowest BCUT2D eigenvalue weighted by Gasteiger charge is -2.18. The fourth-order valence-electron chi connectivity index (χ4n) is 1.83. The van der Waals surface area contributed by atoms with E-state index in [2.05, 4.69) is 9.71 Å². The zero-order valence-corrected chi connectivity index (χ0v) is 13.2. The first kappa shape index (κ1) is 15.3. The fourth-order valence-corrected chi connectivity index (χ4v) is 2.81. The Balaban J connectivity index is 2.51. The predicted octanol–water partition coefficient (Wildman–Crippen LogP) is 2.37. The number of halogens is 2. The van der Waals surface area contributed by atoms with Crippen molar-refractivity contribution in [2.75, 3.05) is 6.26 Å². The van der Waals surface area contributed by atoms with Gasteiger partial charge in [0.15, 0.2) is 0 Å². The Labute approximate surface area is 127 Å². The number of sulfonamides is 1. The lowest BCUT2D eigenvalue weighted by atomic mass is 10.1. The van der Waals surface area contributed by atoms with Gasteiger partial charge >= 0.3 is 0 Å². The molecule has 2 rings (SSSR count). The summed E-state index contributed by atoms with van der Waals surface area (Å²) in [7, 11) is -1.63. The van der Waals surface area contributed by atoms with E-state index in [4.69, 9.17) is 23.2 Å². The van der Waals surface area contributed by atoms with E-state index >= 15 is 0 Å². The summed E-state index contributed by atoms with van der Waals surface area (Å²) in [4.78, 5) is 4.19. The molecule has 1 unspecified atom stereocenters. The van der Waals surface area contributed by atoms with Gasteiger partial charge in [0.05, 0.1) is 16.3 Å². The van der Waals surface area contributed by atoms with Crippen molar-refractivity contribution in [2.45, 2.75) is 6.04 Å². The molecule has 1 heterocycles. The fraction of sp³-hybridized carbons (Fsp3) is 0.250. The number of hydrogen-bond donors (Lipinski definition) is 1. The molecule has 1 aromatic heterocycles. The summed E-state index contributed by atoms with van der Waals surface area (Å²) in [5.41, 5.74) is 0.666. The Kier molecular flexibility index (Phi) is 4.39. The van der Waals surface area contributed by atoms with Gasteiger partial charge in [-0.2, -0.15) is 0 Å². The number of hydrogen-bond acceptors (Lipinski definition) is 3. The average Bonchev–Trinajstić information content (AvgIpc) is 2.75. The molecule has 1 aromatic carbocycles. The third kappa shape index (κ3) is 3.52. The summed E-state index contributed by atoms with van der Waals surface area (Å²) in [6.07, 6.45) is 4.44. The maximum Gasteiger partial charge on any atom is 0.209 e. The third-order valence-corrected chi connectivity index (χ3v) is 4.13. The third-order valence-electron chi connectivity index (χ3n) is 2.73. The summed E-state index contributed by atoms with van der Waals surface area (Å²) in [6, 6.07) is 4.34. The molecule has 0 aliphatic carbocycles. The monoisotopic (exact) mass is 333 g/mol. The van der Waals surface area contributed by atoms with Crippen LogP contribution in [0.15, 0.2) is 30.6 Å². The van der Waals surface area contributed by atoms with Crippen LogP contribution < -0.4 is 4.72 Å². The minimum atomic E-state index is -3.42. The van der Waals surface area contributed by atoms with E-state index in [1.807, 2.05) is 0 Å². The Morgan fingerprint density at radius 1 is 1.30 bits per heavy atom. The van der Waals surface area contributed by atoms with Crippen molar-refractivity contribution in [3.8, 4) is 0 Å². The molecule has 1 atom stereocenters. The van der Waals surface area contributed by atoms with Crippen LogP contribution in [0, 0.1) is 0 Å². The van der Waals surface area contributed by atoms with E-state index < -0.39 is 16.1 Å². The van der Waals surface area contributed by atoms with Crippen molar-refractivity contribution in [1.29, 1.82) is 0 Å². The van der Waals surface area contributed by atoms with Gasteiger partial charge in [-0.05, 0) is 17.7 Å². The molecule has 2 aromatic rings. The molecule has 0 amide bonds. The normalized spacial score (nSPS) is 13.4. The van der Waals surface area contributed by atoms with E-state index in [0.717, 1.165) is 6.26 Å². The van der Waals surface area contributed by atoms with Gasteiger partial charge in [0.25, 0.3) is 0 Å². The predicted molar refractivity (Wildman–Crippen MR) is 79.5 cm³/mol. The van der Waals surface area contributed by atoms with Crippen LogP contribution in [0.25, 0.3) is 0 Å². The van der Waals surface area contributed by atoms with Crippen LogP contribution in [-0.2, 0) is 17.1 Å². The quantitative estimate of drug-likeness (QED) is 0.934. The second kappa shape index (κ2) is 5.73. The molecule has 0 spiro atoms. The Morgan fingerprint density at radius 2 is 2.00 bits per heavy atom. The number of nitrogens with zero attached hydrogens (tertiary/aromatic N) is 2. The SMILES string of the molecule is Cn1ccnc1C(NS(C)(=O)=O)c1ccc(Cl)c(Cl)c1. The van der Waals surface area contributed by atoms with Crippen LogP contribution >= 0.6 is 23.2 Å². The maximum atomic E-state index is 11.6. The Hall–Kier alpha value is -1.08. The molecule has 1 N–H and O–H groups in total. The van der Waals surface area contributed by atoms with Crippen LogP contribution in [-0.4, -0.2) is 24.2 Å². The molecule has 0 radical (unpaired) electrons. The van der Waals surface area contributed by atoms with Gasteiger partial charge < -0.3 is 4.57 Å². The minimum absolute atomic E-state index is 0.360. The van der Waals surface area contributed by atoms with Crippen molar-refractivity contribution < 1.29 is 8.42 Å². The van der Waals surface area contributed by atoms with Gasteiger partial charge in [-0.15, -0.1) is 0 Å². The van der Waals surface area contributed by atoms with Gasteiger partial charge in [0, 0.05) is 19.4 Å². The second-order valence-electron chi connectivity index (χ2n) is 4.39. The van der Waals surface area contributed by atoms with E-state index in [1.54, 1.807) is 42.2 Å². The zero-order chi connectivity index (χ0) is 14.9. The highest BCUT2D eigenvalue weighted by Crippen LogP contribution is 2.28. The minimum Gasteiger partial charge on any atom is -0.336 e. The van der Waals surface area contributed by atoms with Crippen LogP contribution in [0.3, 0.4) is 0 Å². The topological polar surface area (TPSA) is 64.0 Å². The number of nitrogens with one attached hydrogen (secondary N) is 1. The standard InChI is InChI=1S/C12H13Cl2N3O2S/c1-17-6-5-15-12(17)11(16-20(2,18)19)8-3-4-9(13)10(14)7-8/h3-7,11,16H,1-2H3. The molecule has 0 aliphatic heterocycles. The van der Waals surface area contributed by atoms with Crippen molar-refractivity contribution in [3.05, 3.63) is 52.0 Å². The molecule has 8 heteroatoms. The van der Waals surface area contributed by atoms with Crippen LogP contribution in [0.1, 0.15) is 17.4 Å². The van der Waals surface area contributed by atoms with E-state index in [9.17, 15) is 8.42 Å². The van der Waals surface area contributed by atoms with Crippen molar-refractivity contribution in [3.63, 3.8) is 0 Å². The highest BCUT2D eigenvalue weighted by atomic mass is 35.5. The average molecular weight is 334 g/mol. The van der Waals surface area contributed by atoms with Crippen LogP contribution in [0.5, 0.6) is 0 Å². The van der Waals surface area contributed by atoms with Crippen molar-refractivity contribution in [1.82, 2.24) is 14.3 Å². The molecule has 0 aliphatic rings. The molecule has 108 valence electrons. The smallest absolute Gasteiger partial charge is 0.209 e. The molecule has 0 saturated heterocycles. The lowest BCUT2D eigenvalue weighted by Crippen LogP contribution is -2.30. The maximum absolute atomic E-state index is 11.6. The summed E-state index contributed by atoms with van der Waals surface area (Å²) >= 11 is 11.9. The van der Waals surface area contributed by atoms with E-state index in [-0.39, 0.29) is 0 Å². The summed E-state index contributed by atoms with van der Waals surface area (Å²) in [6.45, 7) is 0. The largest absolute Gasteiger partial charge is 0.336 e. The van der Waals surface area contributed by atoms with E-state index in [0.29, 0.717) is 21.4 Å². The molecule has 5 nitrogen and oxygen atoms in total. The highest BCUT2D eigenvalue weighted by molar-refractivity contribution is 7.88. The first-order chi connectivity index (χ1) is 9.28. The van der Waals surface area contributed by atoms with Crippen LogP contribution in [0.2, 0.25) is 10.0 Å². The Bertz CT molecular complexity index is 728. The highest BCUT2D eigenvalue weighted by Gasteiger charge is 2.22. The van der Waals surface area contributed by atoms with Gasteiger partial charge in [-0.25, -0.2) is 18.1 Å². The molecule has 0 bridgehead atoms. The van der Waals surface area contributed by atoms with E-state index in [1.165, 1.54) is 0 Å². The summed E-state index contributed by atoms with van der Waals surface area (Å²) in [5.74, 6) is 0.564. The molecule has 0 saturated carbocycles. The van der Waals surface area contributed by atoms with Gasteiger partial charge in [0.1, 0.15) is 11.9 Å². The Morgan fingerprint density at radius 3 is 2.50 bits per heavy atom. The summed E-state index contributed by atoms with van der Waals surface area (Å²) < 4.78 is 27.4. The summed E-state index contributed by atoms with van der Waals surface area (Å²) in [5, 5.41) is 0.770. The number of rotatable bonds is 4. The van der Waals surface area contributed by atoms with Gasteiger partial charge in [-0.1, -0.05) is 29.3 Å². The zero-order valence-electron chi connectivity index (χ0n) is 10.8. The molecule has 0 fully saturated rings. The second-order valence-corrected chi connectivity index (χ2v) is 6.99. The molecular formula is C12H13Cl2N3O2S. The number of aromatic nitrogens is 2. The lowest BCUT2D eigenvalue weighted by molar-refractivity contribution is 0.568. The van der Waals surface area contributed by atoms with Crippen LogP contribution in [0.4, 0.5) is 0 Å². The van der Waals surface area contributed by atoms with Crippen molar-refractivity contribution in [2.24, 2.45) is 7.05 Å². The molecular weight excluding hydrogens is 321 g/mol. The number of imidazole rings is 1. The number of benzene rings is 1. The first-order valence-corrected chi connectivity index (χ1v) is 8.32. The van der Waals surface area contributed by atoms with Gasteiger partial charge in [-0.3, -0.25) is 0 Å². The first-order valence-electron chi connectivity index (χ1n) is 5.67. The van der Waals surface area contributed by atoms with Crippen molar-refractivity contribution >= 4 is 33.2 Å². The molecule has 20 heavy (non-hydrogen) atoms. The number of aryl methyl sites for hydroxylation is 1. The van der Waals surface area contributed by atoms with Gasteiger partial charge in [0.2, 0.25) is 10.0 Å².